The molecule has 0 saturated heterocycles. The molecule has 6 heteroatoms. The van der Waals surface area contributed by atoms with E-state index in [0.717, 1.165) is 16.8 Å². The first-order valence-electron chi connectivity index (χ1n) is 7.35. The average Bonchev–Trinajstić information content (AvgIpc) is 3.03. The second-order valence-corrected chi connectivity index (χ2v) is 5.44. The monoisotopic (exact) mass is 306 g/mol. The third kappa shape index (κ3) is 2.34. The van der Waals surface area contributed by atoms with Crippen molar-refractivity contribution in [3.63, 3.8) is 0 Å². The minimum atomic E-state index is -0.349. The first kappa shape index (κ1) is 13.5. The zero-order valence-electron chi connectivity index (χ0n) is 12.2. The summed E-state index contributed by atoms with van der Waals surface area (Å²) in [6, 6.07) is 14.4. The molecule has 2 N–H and O–H groups in total. The first-order chi connectivity index (χ1) is 11.2. The Kier molecular flexibility index (Phi) is 3.08. The number of pyridine rings is 1. The Morgan fingerprint density at radius 3 is 2.96 bits per heavy atom. The lowest BCUT2D eigenvalue weighted by molar-refractivity contribution is -0.116. The van der Waals surface area contributed by atoms with Crippen LogP contribution in [0.5, 0.6) is 0 Å². The van der Waals surface area contributed by atoms with Crippen molar-refractivity contribution < 1.29 is 9.59 Å². The fourth-order valence-corrected chi connectivity index (χ4v) is 2.89. The smallest absolute Gasteiger partial charge is 0.270 e. The third-order valence-electron chi connectivity index (χ3n) is 3.96. The summed E-state index contributed by atoms with van der Waals surface area (Å²) in [5, 5.41) is 9.93. The zero-order valence-corrected chi connectivity index (χ0v) is 12.2. The van der Waals surface area contributed by atoms with E-state index in [1.165, 1.54) is 0 Å². The Labute approximate surface area is 132 Å². The number of para-hydroxylation sites is 1. The Morgan fingerprint density at radius 2 is 2.04 bits per heavy atom. The number of rotatable bonds is 2. The number of benzene rings is 1. The van der Waals surface area contributed by atoms with Crippen molar-refractivity contribution in [3.8, 4) is 0 Å². The molecule has 0 radical (unpaired) electrons. The number of carbonyl (C=O) groups excluding carboxylic acids is 2. The third-order valence-corrected chi connectivity index (χ3v) is 3.96. The summed E-state index contributed by atoms with van der Waals surface area (Å²) in [5.41, 5.74) is 2.94. The lowest BCUT2D eigenvalue weighted by Crippen LogP contribution is -2.35. The highest BCUT2D eigenvalue weighted by molar-refractivity contribution is 5.97. The number of amides is 2. The lowest BCUT2D eigenvalue weighted by Gasteiger charge is -2.26. The van der Waals surface area contributed by atoms with E-state index in [0.29, 0.717) is 5.69 Å². The molecule has 0 saturated carbocycles. The van der Waals surface area contributed by atoms with Crippen LogP contribution in [0.15, 0.2) is 54.7 Å². The largest absolute Gasteiger partial charge is 0.343 e. The number of fused-ring (bicyclic) bond motifs is 2. The molecule has 0 bridgehead atoms. The topological polar surface area (TPSA) is 75.5 Å². The summed E-state index contributed by atoms with van der Waals surface area (Å²) in [4.78, 5) is 24.5. The molecule has 3 heterocycles. The molecule has 3 aromatic rings. The molecule has 2 amide bonds. The van der Waals surface area contributed by atoms with Crippen molar-refractivity contribution in [3.05, 3.63) is 66.0 Å². The zero-order chi connectivity index (χ0) is 15.8. The molecule has 0 aliphatic carbocycles. The van der Waals surface area contributed by atoms with E-state index < -0.39 is 0 Å². The van der Waals surface area contributed by atoms with Crippen molar-refractivity contribution >= 4 is 23.0 Å². The van der Waals surface area contributed by atoms with Gasteiger partial charge in [-0.05, 0) is 29.8 Å². The molecule has 1 atom stereocenters. The maximum atomic E-state index is 12.6. The van der Waals surface area contributed by atoms with Crippen molar-refractivity contribution in [1.82, 2.24) is 14.9 Å². The second-order valence-electron chi connectivity index (χ2n) is 5.44. The van der Waals surface area contributed by atoms with Crippen molar-refractivity contribution in [2.45, 2.75) is 12.5 Å². The van der Waals surface area contributed by atoms with Gasteiger partial charge in [0, 0.05) is 5.69 Å². The molecule has 4 rings (SSSR count). The van der Waals surface area contributed by atoms with Gasteiger partial charge in [-0.15, -0.1) is 0 Å². The fourth-order valence-electron chi connectivity index (χ4n) is 2.89. The van der Waals surface area contributed by atoms with Crippen LogP contribution in [0.2, 0.25) is 0 Å². The van der Waals surface area contributed by atoms with Crippen LogP contribution in [0, 0.1) is 0 Å². The molecule has 114 valence electrons. The van der Waals surface area contributed by atoms with Gasteiger partial charge >= 0.3 is 0 Å². The van der Waals surface area contributed by atoms with Crippen LogP contribution in [-0.2, 0) is 4.79 Å². The average molecular weight is 306 g/mol. The van der Waals surface area contributed by atoms with E-state index in [1.54, 1.807) is 16.8 Å². The van der Waals surface area contributed by atoms with Crippen LogP contribution in [0.1, 0.15) is 28.5 Å². The van der Waals surface area contributed by atoms with Crippen molar-refractivity contribution in [1.29, 1.82) is 0 Å². The van der Waals surface area contributed by atoms with Crippen LogP contribution in [0.25, 0.3) is 5.52 Å². The van der Waals surface area contributed by atoms with Crippen LogP contribution in [-0.4, -0.2) is 21.4 Å². The van der Waals surface area contributed by atoms with Crippen LogP contribution in [0.3, 0.4) is 0 Å². The number of hydrogen-bond donors (Lipinski definition) is 2. The van der Waals surface area contributed by atoms with Gasteiger partial charge in [0.15, 0.2) is 0 Å². The van der Waals surface area contributed by atoms with Crippen LogP contribution < -0.4 is 10.6 Å². The minimum absolute atomic E-state index is 0.105. The van der Waals surface area contributed by atoms with Gasteiger partial charge in [0.25, 0.3) is 5.91 Å². The number of nitrogens with one attached hydrogen (secondary N) is 2. The summed E-state index contributed by atoms with van der Waals surface area (Å²) in [6.45, 7) is 0. The highest BCUT2D eigenvalue weighted by Crippen LogP contribution is 2.30. The maximum Gasteiger partial charge on any atom is 0.270 e. The Bertz CT molecular complexity index is 916. The SMILES string of the molecule is O=C1C[C@@H](NC(=O)c2cccc3ccnn23)c2ccccc2N1. The van der Waals surface area contributed by atoms with E-state index in [1.807, 2.05) is 42.5 Å². The molecule has 0 fully saturated rings. The van der Waals surface area contributed by atoms with E-state index in [2.05, 4.69) is 15.7 Å². The summed E-state index contributed by atoms with van der Waals surface area (Å²) in [6.07, 6.45) is 1.87. The number of anilines is 1. The second kappa shape index (κ2) is 5.24. The van der Waals surface area contributed by atoms with E-state index >= 15 is 0 Å². The molecule has 0 unspecified atom stereocenters. The van der Waals surface area contributed by atoms with E-state index in [4.69, 9.17) is 0 Å². The Morgan fingerprint density at radius 1 is 1.17 bits per heavy atom. The number of nitrogens with zero attached hydrogens (tertiary/aromatic N) is 2. The van der Waals surface area contributed by atoms with Gasteiger partial charge < -0.3 is 10.6 Å². The highest BCUT2D eigenvalue weighted by Gasteiger charge is 2.26. The quantitative estimate of drug-likeness (QED) is 0.761. The number of aromatic nitrogens is 2. The van der Waals surface area contributed by atoms with Crippen LogP contribution in [0.4, 0.5) is 5.69 Å². The standard InChI is InChI=1S/C17H14N4O2/c22-16-10-14(12-5-1-2-6-13(12)19-16)20-17(23)15-7-3-4-11-8-9-18-21(11)15/h1-9,14H,10H2,(H,19,22)(H,20,23)/t14-/m1/s1. The fraction of sp³-hybridized carbons (Fsp3) is 0.118. The molecule has 0 spiro atoms. The molecule has 23 heavy (non-hydrogen) atoms. The molecule has 1 aliphatic heterocycles. The summed E-state index contributed by atoms with van der Waals surface area (Å²) >= 11 is 0. The van der Waals surface area contributed by atoms with Gasteiger partial charge in [-0.3, -0.25) is 9.59 Å². The number of carbonyl (C=O) groups is 2. The lowest BCUT2D eigenvalue weighted by atomic mass is 9.97. The molecule has 6 nitrogen and oxygen atoms in total. The maximum absolute atomic E-state index is 12.6. The van der Waals surface area contributed by atoms with E-state index in [-0.39, 0.29) is 24.3 Å². The molecule has 1 aliphatic rings. The van der Waals surface area contributed by atoms with Crippen molar-refractivity contribution in [2.24, 2.45) is 0 Å². The van der Waals surface area contributed by atoms with E-state index in [9.17, 15) is 9.59 Å². The van der Waals surface area contributed by atoms with Gasteiger partial charge in [0.05, 0.1) is 24.2 Å². The van der Waals surface area contributed by atoms with Gasteiger partial charge in [0.2, 0.25) is 5.91 Å². The summed E-state index contributed by atoms with van der Waals surface area (Å²) < 4.78 is 1.59. The minimum Gasteiger partial charge on any atom is -0.343 e. The Balaban J connectivity index is 1.67. The van der Waals surface area contributed by atoms with Crippen molar-refractivity contribution in [2.75, 3.05) is 5.32 Å². The molecular formula is C17H14N4O2. The number of hydrogen-bond acceptors (Lipinski definition) is 3. The van der Waals surface area contributed by atoms with Crippen LogP contribution >= 0.6 is 0 Å². The first-order valence-corrected chi connectivity index (χ1v) is 7.35. The van der Waals surface area contributed by atoms with Gasteiger partial charge in [-0.2, -0.15) is 5.10 Å². The Hall–Kier alpha value is -3.15. The molecular weight excluding hydrogens is 292 g/mol. The van der Waals surface area contributed by atoms with Gasteiger partial charge in [0.1, 0.15) is 5.69 Å². The predicted molar refractivity (Wildman–Crippen MR) is 85.1 cm³/mol. The predicted octanol–water partition coefficient (Wildman–Crippen LogP) is 2.15. The van der Waals surface area contributed by atoms with Gasteiger partial charge in [-0.1, -0.05) is 24.3 Å². The molecule has 1 aromatic carbocycles. The summed E-state index contributed by atoms with van der Waals surface area (Å²) in [7, 11) is 0. The highest BCUT2D eigenvalue weighted by atomic mass is 16.2. The van der Waals surface area contributed by atoms with Gasteiger partial charge in [-0.25, -0.2) is 4.52 Å². The normalized spacial score (nSPS) is 16.7. The summed E-state index contributed by atoms with van der Waals surface area (Å²) in [5.74, 6) is -0.361. The molecule has 2 aromatic heterocycles.